The van der Waals surface area contributed by atoms with Crippen molar-refractivity contribution in [2.24, 2.45) is 0 Å². The number of imidazole rings is 1. The number of rotatable bonds is 5. The number of hydrogen-bond donors (Lipinski definition) is 1. The smallest absolute Gasteiger partial charge is 0.344 e. The summed E-state index contributed by atoms with van der Waals surface area (Å²) in [5.74, 6) is -3.32. The third-order valence-corrected chi connectivity index (χ3v) is 5.90. The lowest BCUT2D eigenvalue weighted by Gasteiger charge is -2.17. The van der Waals surface area contributed by atoms with E-state index < -0.39 is 29.1 Å². The van der Waals surface area contributed by atoms with Crippen molar-refractivity contribution in [3.05, 3.63) is 68.7 Å². The Hall–Kier alpha value is -3.46. The number of H-pyrrole nitrogens is 1. The molecule has 1 saturated carbocycles. The van der Waals surface area contributed by atoms with E-state index in [9.17, 15) is 18.4 Å². The Bertz CT molecular complexity index is 1490. The number of esters is 1. The first kappa shape index (κ1) is 21.4. The molecule has 0 aliphatic heterocycles. The van der Waals surface area contributed by atoms with Gasteiger partial charge >= 0.3 is 5.97 Å². The van der Waals surface area contributed by atoms with Crippen molar-refractivity contribution in [1.82, 2.24) is 14.5 Å². The van der Waals surface area contributed by atoms with Crippen LogP contribution in [0.1, 0.15) is 48.1 Å². The van der Waals surface area contributed by atoms with E-state index in [-0.39, 0.29) is 28.3 Å². The number of aromatic amines is 1. The van der Waals surface area contributed by atoms with Crippen LogP contribution in [0.5, 0.6) is 5.75 Å². The molecule has 170 valence electrons. The number of hydrogen-bond acceptors (Lipinski definition) is 5. The average molecular weight is 474 g/mol. The lowest BCUT2D eigenvalue weighted by Crippen LogP contribution is -2.22. The first-order valence-corrected chi connectivity index (χ1v) is 10.6. The van der Waals surface area contributed by atoms with Crippen molar-refractivity contribution in [2.75, 3.05) is 7.11 Å². The molecular weight excluding hydrogens is 456 g/mol. The first-order chi connectivity index (χ1) is 15.8. The fraction of sp³-hybridized carbons (Fsp3) is 0.261. The predicted octanol–water partition coefficient (Wildman–Crippen LogP) is 5.07. The third kappa shape index (κ3) is 3.62. The maximum atomic E-state index is 14.3. The van der Waals surface area contributed by atoms with Crippen molar-refractivity contribution in [3.63, 3.8) is 0 Å². The van der Waals surface area contributed by atoms with Crippen LogP contribution in [-0.4, -0.2) is 27.6 Å². The molecule has 0 radical (unpaired) electrons. The van der Waals surface area contributed by atoms with E-state index in [0.29, 0.717) is 21.9 Å². The van der Waals surface area contributed by atoms with Gasteiger partial charge in [0, 0.05) is 17.3 Å². The molecule has 1 unspecified atom stereocenters. The van der Waals surface area contributed by atoms with E-state index >= 15 is 0 Å². The van der Waals surface area contributed by atoms with Crippen molar-refractivity contribution in [3.8, 4) is 5.75 Å². The summed E-state index contributed by atoms with van der Waals surface area (Å²) in [6, 6.07) is 5.84. The maximum Gasteiger partial charge on any atom is 0.344 e. The average Bonchev–Trinajstić information content (AvgIpc) is 3.53. The number of pyridine rings is 1. The Morgan fingerprint density at radius 3 is 2.76 bits per heavy atom. The Morgan fingerprint density at radius 1 is 1.30 bits per heavy atom. The van der Waals surface area contributed by atoms with Crippen molar-refractivity contribution in [2.45, 2.75) is 31.9 Å². The fourth-order valence-electron chi connectivity index (χ4n) is 3.88. The van der Waals surface area contributed by atoms with E-state index in [2.05, 4.69) is 9.97 Å². The molecule has 2 heterocycles. The van der Waals surface area contributed by atoms with Gasteiger partial charge in [0.15, 0.2) is 17.7 Å². The van der Waals surface area contributed by atoms with Crippen molar-refractivity contribution >= 4 is 39.5 Å². The summed E-state index contributed by atoms with van der Waals surface area (Å²) in [5, 5.41) is 0.372. The van der Waals surface area contributed by atoms with Gasteiger partial charge in [-0.1, -0.05) is 11.6 Å². The second-order valence-electron chi connectivity index (χ2n) is 7.94. The summed E-state index contributed by atoms with van der Waals surface area (Å²) in [6.45, 7) is 1.61. The molecule has 1 N–H and O–H groups in total. The summed E-state index contributed by atoms with van der Waals surface area (Å²) in [6.07, 6.45) is 2.06. The lowest BCUT2D eigenvalue weighted by atomic mass is 10.1. The van der Waals surface area contributed by atoms with Crippen LogP contribution >= 0.6 is 11.6 Å². The van der Waals surface area contributed by atoms with E-state index in [1.54, 1.807) is 29.7 Å². The molecule has 7 nitrogen and oxygen atoms in total. The highest BCUT2D eigenvalue weighted by atomic mass is 35.5. The minimum Gasteiger partial charge on any atom is -0.491 e. The van der Waals surface area contributed by atoms with Crippen LogP contribution in [0.25, 0.3) is 21.9 Å². The van der Waals surface area contributed by atoms with Gasteiger partial charge in [0.25, 0.3) is 0 Å². The standard InChI is InChI=1S/C23H18ClF2N3O4/c1-10(22-27-16-6-3-11(24)7-17(16)28-22)33-23(31)14-9-29(12-4-5-12)19-13(20(14)30)8-15(25)18(26)21(19)32-2/h3,6-10,12H,4-5H2,1-2H3,(H,27,28). The molecule has 1 aliphatic carbocycles. The highest BCUT2D eigenvalue weighted by Crippen LogP contribution is 2.40. The van der Waals surface area contributed by atoms with E-state index in [0.717, 1.165) is 18.9 Å². The molecule has 2 aromatic heterocycles. The summed E-state index contributed by atoms with van der Waals surface area (Å²) in [5.41, 5.74) is 0.374. The molecule has 1 aliphatic rings. The number of benzene rings is 2. The number of carbonyl (C=O) groups is 1. The number of nitrogens with one attached hydrogen (secondary N) is 1. The van der Waals surface area contributed by atoms with Crippen LogP contribution in [-0.2, 0) is 4.74 Å². The largest absolute Gasteiger partial charge is 0.491 e. The molecule has 4 aromatic rings. The molecular formula is C23H18ClF2N3O4. The number of nitrogens with zero attached hydrogens (tertiary/aromatic N) is 2. The van der Waals surface area contributed by atoms with E-state index in [1.165, 1.54) is 13.3 Å². The van der Waals surface area contributed by atoms with Crippen molar-refractivity contribution in [1.29, 1.82) is 0 Å². The minimum absolute atomic E-state index is 0.0593. The first-order valence-electron chi connectivity index (χ1n) is 10.3. The van der Waals surface area contributed by atoms with Crippen LogP contribution in [0.4, 0.5) is 8.78 Å². The topological polar surface area (TPSA) is 86.2 Å². The second-order valence-corrected chi connectivity index (χ2v) is 8.38. The summed E-state index contributed by atoms with van der Waals surface area (Å²) < 4.78 is 40.7. The second kappa shape index (κ2) is 7.84. The van der Waals surface area contributed by atoms with Gasteiger partial charge < -0.3 is 19.0 Å². The van der Waals surface area contributed by atoms with Gasteiger partial charge in [-0.3, -0.25) is 4.79 Å². The molecule has 0 bridgehead atoms. The van der Waals surface area contributed by atoms with Crippen LogP contribution in [0, 0.1) is 11.6 Å². The number of halogens is 3. The SMILES string of the molecule is COc1c(F)c(F)cc2c(=O)c(C(=O)OC(C)c3nc4ccc(Cl)cc4[nH]3)cn(C3CC3)c12. The normalized spacial score (nSPS) is 14.6. The predicted molar refractivity (Wildman–Crippen MR) is 118 cm³/mol. The molecule has 1 fully saturated rings. The Morgan fingerprint density at radius 2 is 2.06 bits per heavy atom. The molecule has 10 heteroatoms. The monoisotopic (exact) mass is 473 g/mol. The van der Waals surface area contributed by atoms with Gasteiger partial charge in [-0.05, 0) is 44.0 Å². The quantitative estimate of drug-likeness (QED) is 0.409. The van der Waals surface area contributed by atoms with Crippen molar-refractivity contribution < 1.29 is 23.0 Å². The number of fused-ring (bicyclic) bond motifs is 2. The van der Waals surface area contributed by atoms with Crippen LogP contribution in [0.2, 0.25) is 5.02 Å². The van der Waals surface area contributed by atoms with Gasteiger partial charge in [0.1, 0.15) is 11.4 Å². The van der Waals surface area contributed by atoms with Crippen LogP contribution in [0.15, 0.2) is 35.3 Å². The van der Waals surface area contributed by atoms with E-state index in [4.69, 9.17) is 21.1 Å². The number of aromatic nitrogens is 3. The third-order valence-electron chi connectivity index (χ3n) is 5.66. The highest BCUT2D eigenvalue weighted by Gasteiger charge is 2.31. The number of carbonyl (C=O) groups excluding carboxylic acids is 1. The Labute approximate surface area is 190 Å². The van der Waals surface area contributed by atoms with Gasteiger partial charge in [0.2, 0.25) is 11.2 Å². The van der Waals surface area contributed by atoms with Crippen LogP contribution < -0.4 is 10.2 Å². The van der Waals surface area contributed by atoms with Gasteiger partial charge in [-0.25, -0.2) is 14.2 Å². The minimum atomic E-state index is -1.24. The summed E-state index contributed by atoms with van der Waals surface area (Å²) in [7, 11) is 1.20. The molecule has 33 heavy (non-hydrogen) atoms. The Kier molecular flexibility index (Phi) is 5.08. The number of methoxy groups -OCH3 is 1. The molecule has 0 amide bonds. The molecule has 2 aromatic carbocycles. The van der Waals surface area contributed by atoms with Gasteiger partial charge in [-0.2, -0.15) is 4.39 Å². The number of ether oxygens (including phenoxy) is 2. The molecule has 1 atom stereocenters. The van der Waals surface area contributed by atoms with Gasteiger partial charge in [0.05, 0.1) is 29.0 Å². The lowest BCUT2D eigenvalue weighted by molar-refractivity contribution is 0.0320. The molecule has 0 spiro atoms. The van der Waals surface area contributed by atoms with Gasteiger partial charge in [-0.15, -0.1) is 0 Å². The summed E-state index contributed by atoms with van der Waals surface area (Å²) >= 11 is 6.00. The maximum absolute atomic E-state index is 14.3. The van der Waals surface area contributed by atoms with E-state index in [1.807, 2.05) is 0 Å². The summed E-state index contributed by atoms with van der Waals surface area (Å²) in [4.78, 5) is 33.5. The fourth-order valence-corrected chi connectivity index (χ4v) is 4.05. The molecule has 0 saturated heterocycles. The van der Waals surface area contributed by atoms with Crippen LogP contribution in [0.3, 0.4) is 0 Å². The zero-order valence-corrected chi connectivity index (χ0v) is 18.4. The highest BCUT2D eigenvalue weighted by molar-refractivity contribution is 6.31. The zero-order valence-electron chi connectivity index (χ0n) is 17.6. The molecule has 5 rings (SSSR count). The Balaban J connectivity index is 1.56. The zero-order chi connectivity index (χ0) is 23.4.